The van der Waals surface area contributed by atoms with Crippen molar-refractivity contribution in [1.29, 1.82) is 0 Å². The Kier molecular flexibility index (Phi) is 5.78. The first-order valence-corrected chi connectivity index (χ1v) is 7.43. The van der Waals surface area contributed by atoms with E-state index in [9.17, 15) is 4.79 Å². The number of hydrogen-bond acceptors (Lipinski definition) is 2. The van der Waals surface area contributed by atoms with Crippen molar-refractivity contribution < 1.29 is 14.6 Å². The predicted molar refractivity (Wildman–Crippen MR) is 89.2 cm³/mol. The number of carbonyl (C=O) groups is 1. The van der Waals surface area contributed by atoms with Gasteiger partial charge in [-0.2, -0.15) is 0 Å². The molecule has 0 fully saturated rings. The van der Waals surface area contributed by atoms with E-state index in [-0.39, 0.29) is 0 Å². The smallest absolute Gasteiger partial charge is 0.335 e. The van der Waals surface area contributed by atoms with Gasteiger partial charge in [-0.25, -0.2) is 4.79 Å². The monoisotopic (exact) mass is 296 g/mol. The van der Waals surface area contributed by atoms with Gasteiger partial charge in [-0.3, -0.25) is 0 Å². The average Bonchev–Trinajstić information content (AvgIpc) is 2.55. The van der Waals surface area contributed by atoms with Crippen molar-refractivity contribution in [3.8, 4) is 5.75 Å². The summed E-state index contributed by atoms with van der Waals surface area (Å²) in [4.78, 5) is 10.8. The fourth-order valence-electron chi connectivity index (χ4n) is 1.94. The molecule has 0 aromatic heterocycles. The van der Waals surface area contributed by atoms with E-state index >= 15 is 0 Å². The summed E-state index contributed by atoms with van der Waals surface area (Å²) >= 11 is 0. The highest BCUT2D eigenvalue weighted by Crippen LogP contribution is 2.15. The Morgan fingerprint density at radius 2 is 1.55 bits per heavy atom. The molecule has 2 aromatic carbocycles. The van der Waals surface area contributed by atoms with Crippen molar-refractivity contribution in [3.63, 3.8) is 0 Å². The molecule has 3 heteroatoms. The Morgan fingerprint density at radius 3 is 2.05 bits per heavy atom. The van der Waals surface area contributed by atoms with Crippen molar-refractivity contribution in [3.05, 3.63) is 65.2 Å². The lowest BCUT2D eigenvalue weighted by Crippen LogP contribution is -1.95. The number of carboxylic acids is 1. The van der Waals surface area contributed by atoms with Gasteiger partial charge in [0.1, 0.15) is 5.75 Å². The molecule has 0 radical (unpaired) electrons. The van der Waals surface area contributed by atoms with E-state index in [0.29, 0.717) is 5.56 Å². The minimum Gasteiger partial charge on any atom is -0.494 e. The van der Waals surface area contributed by atoms with Gasteiger partial charge in [-0.05, 0) is 41.8 Å². The second-order valence-corrected chi connectivity index (χ2v) is 5.03. The van der Waals surface area contributed by atoms with Gasteiger partial charge in [0, 0.05) is 0 Å². The highest BCUT2D eigenvalue weighted by atomic mass is 16.5. The lowest BCUT2D eigenvalue weighted by Gasteiger charge is -2.05. The van der Waals surface area contributed by atoms with E-state index in [4.69, 9.17) is 9.84 Å². The van der Waals surface area contributed by atoms with Gasteiger partial charge in [0.15, 0.2) is 0 Å². The summed E-state index contributed by atoms with van der Waals surface area (Å²) in [5.74, 6) is -0.0226. The molecule has 0 aliphatic carbocycles. The lowest BCUT2D eigenvalue weighted by molar-refractivity contribution is 0.0697. The molecule has 0 unspecified atom stereocenters. The molecule has 0 bridgehead atoms. The van der Waals surface area contributed by atoms with Crippen LogP contribution in [0.4, 0.5) is 0 Å². The van der Waals surface area contributed by atoms with E-state index in [0.717, 1.165) is 36.3 Å². The number of hydrogen-bond donors (Lipinski definition) is 1. The van der Waals surface area contributed by atoms with E-state index in [1.165, 1.54) is 0 Å². The van der Waals surface area contributed by atoms with Crippen LogP contribution in [0.25, 0.3) is 12.2 Å². The van der Waals surface area contributed by atoms with Crippen LogP contribution in [0, 0.1) is 0 Å². The van der Waals surface area contributed by atoms with Crippen molar-refractivity contribution in [2.24, 2.45) is 0 Å². The third-order valence-electron chi connectivity index (χ3n) is 3.27. The second-order valence-electron chi connectivity index (χ2n) is 5.03. The van der Waals surface area contributed by atoms with Gasteiger partial charge >= 0.3 is 5.97 Å². The average molecular weight is 296 g/mol. The minimum atomic E-state index is -0.908. The highest BCUT2D eigenvalue weighted by molar-refractivity contribution is 5.88. The maximum atomic E-state index is 10.8. The van der Waals surface area contributed by atoms with E-state index in [1.54, 1.807) is 24.3 Å². The first-order chi connectivity index (χ1) is 10.7. The third-order valence-corrected chi connectivity index (χ3v) is 3.27. The number of aromatic carboxylic acids is 1. The molecule has 0 heterocycles. The molecular formula is C19H20O3. The molecule has 0 saturated carbocycles. The molecule has 0 spiro atoms. The SMILES string of the molecule is CCCCOc1ccc(C=Cc2ccc(C(=O)O)cc2)cc1. The Hall–Kier alpha value is -2.55. The standard InChI is InChI=1S/C19H20O3/c1-2-3-14-22-18-12-8-16(9-13-18)5-4-15-6-10-17(11-7-15)19(20)21/h4-13H,2-3,14H2,1H3,(H,20,21). The molecule has 0 aliphatic rings. The van der Waals surface area contributed by atoms with E-state index in [2.05, 4.69) is 6.92 Å². The zero-order chi connectivity index (χ0) is 15.8. The molecule has 22 heavy (non-hydrogen) atoms. The number of ether oxygens (including phenoxy) is 1. The molecule has 2 rings (SSSR count). The summed E-state index contributed by atoms with van der Waals surface area (Å²) in [6.45, 7) is 2.89. The van der Waals surface area contributed by atoms with Gasteiger partial charge in [0.25, 0.3) is 0 Å². The van der Waals surface area contributed by atoms with E-state index in [1.807, 2.05) is 36.4 Å². The summed E-state index contributed by atoms with van der Waals surface area (Å²) in [5.41, 5.74) is 2.34. The quantitative estimate of drug-likeness (QED) is 0.593. The van der Waals surface area contributed by atoms with Gasteiger partial charge in [-0.1, -0.05) is 49.8 Å². The lowest BCUT2D eigenvalue weighted by atomic mass is 10.1. The third kappa shape index (κ3) is 4.77. The van der Waals surface area contributed by atoms with Crippen LogP contribution in [0.5, 0.6) is 5.75 Å². The molecule has 3 nitrogen and oxygen atoms in total. The summed E-state index contributed by atoms with van der Waals surface area (Å²) < 4.78 is 5.62. The number of unbranched alkanes of at least 4 members (excludes halogenated alkanes) is 1. The Balaban J connectivity index is 1.96. The number of carboxylic acid groups (broad SMARTS) is 1. The minimum absolute atomic E-state index is 0.297. The van der Waals surface area contributed by atoms with Gasteiger partial charge in [-0.15, -0.1) is 0 Å². The van der Waals surface area contributed by atoms with Crippen LogP contribution in [0.3, 0.4) is 0 Å². The Bertz CT molecular complexity index is 625. The maximum absolute atomic E-state index is 10.8. The number of rotatable bonds is 7. The second kappa shape index (κ2) is 8.03. The summed E-state index contributed by atoms with van der Waals surface area (Å²) in [6.07, 6.45) is 6.14. The topological polar surface area (TPSA) is 46.5 Å². The predicted octanol–water partition coefficient (Wildman–Crippen LogP) is 4.73. The molecule has 114 valence electrons. The van der Waals surface area contributed by atoms with Crippen LogP contribution in [0.1, 0.15) is 41.3 Å². The molecule has 0 saturated heterocycles. The molecule has 0 amide bonds. The van der Waals surface area contributed by atoms with Crippen LogP contribution in [-0.4, -0.2) is 17.7 Å². The van der Waals surface area contributed by atoms with Crippen LogP contribution < -0.4 is 4.74 Å². The Morgan fingerprint density at radius 1 is 1.00 bits per heavy atom. The maximum Gasteiger partial charge on any atom is 0.335 e. The van der Waals surface area contributed by atoms with Crippen molar-refractivity contribution in [2.75, 3.05) is 6.61 Å². The zero-order valence-electron chi connectivity index (χ0n) is 12.7. The fraction of sp³-hybridized carbons (Fsp3) is 0.211. The first kappa shape index (κ1) is 15.8. The molecule has 1 N–H and O–H groups in total. The van der Waals surface area contributed by atoms with Crippen LogP contribution in [0.2, 0.25) is 0 Å². The number of benzene rings is 2. The molecule has 0 aliphatic heterocycles. The normalized spacial score (nSPS) is 10.8. The highest BCUT2D eigenvalue weighted by Gasteiger charge is 2.00. The molecule has 0 atom stereocenters. The summed E-state index contributed by atoms with van der Waals surface area (Å²) in [6, 6.07) is 14.7. The van der Waals surface area contributed by atoms with Crippen LogP contribution in [-0.2, 0) is 0 Å². The van der Waals surface area contributed by atoms with Crippen LogP contribution >= 0.6 is 0 Å². The van der Waals surface area contributed by atoms with Crippen molar-refractivity contribution in [1.82, 2.24) is 0 Å². The van der Waals surface area contributed by atoms with Gasteiger partial charge < -0.3 is 9.84 Å². The van der Waals surface area contributed by atoms with Gasteiger partial charge in [0.2, 0.25) is 0 Å². The fourth-order valence-corrected chi connectivity index (χ4v) is 1.94. The summed E-state index contributed by atoms with van der Waals surface area (Å²) in [5, 5.41) is 8.86. The largest absolute Gasteiger partial charge is 0.494 e. The van der Waals surface area contributed by atoms with E-state index < -0.39 is 5.97 Å². The van der Waals surface area contributed by atoms with Crippen molar-refractivity contribution >= 4 is 18.1 Å². The van der Waals surface area contributed by atoms with Crippen LogP contribution in [0.15, 0.2) is 48.5 Å². The first-order valence-electron chi connectivity index (χ1n) is 7.43. The molecule has 2 aromatic rings. The molecular weight excluding hydrogens is 276 g/mol. The van der Waals surface area contributed by atoms with Gasteiger partial charge in [0.05, 0.1) is 12.2 Å². The Labute approximate surface area is 130 Å². The van der Waals surface area contributed by atoms with Crippen molar-refractivity contribution in [2.45, 2.75) is 19.8 Å². The summed E-state index contributed by atoms with van der Waals surface area (Å²) in [7, 11) is 0. The zero-order valence-corrected chi connectivity index (χ0v) is 12.7.